The van der Waals surface area contributed by atoms with E-state index in [0.717, 1.165) is 28.7 Å². The molecule has 0 aliphatic carbocycles. The Kier molecular flexibility index (Phi) is 4.15. The molecule has 0 aliphatic rings. The first-order valence-corrected chi connectivity index (χ1v) is 7.77. The molecule has 2 heterocycles. The van der Waals surface area contributed by atoms with Gasteiger partial charge in [0.1, 0.15) is 11.3 Å². The first-order valence-electron chi connectivity index (χ1n) is 7.77. The van der Waals surface area contributed by atoms with Gasteiger partial charge >= 0.3 is 0 Å². The number of rotatable bonds is 4. The topological polar surface area (TPSA) is 46.3 Å². The van der Waals surface area contributed by atoms with Crippen molar-refractivity contribution in [3.8, 4) is 0 Å². The van der Waals surface area contributed by atoms with Crippen LogP contribution in [0.25, 0.3) is 11.0 Å². The number of amides is 1. The van der Waals surface area contributed by atoms with E-state index in [0.29, 0.717) is 5.56 Å². The zero-order valence-corrected chi connectivity index (χ0v) is 13.6. The highest BCUT2D eigenvalue weighted by Crippen LogP contribution is 2.26. The molecule has 0 unspecified atom stereocenters. The molecule has 1 aromatic carbocycles. The average Bonchev–Trinajstić information content (AvgIpc) is 2.94. The summed E-state index contributed by atoms with van der Waals surface area (Å²) in [6.07, 6.45) is 4.40. The van der Waals surface area contributed by atoms with Gasteiger partial charge in [0.25, 0.3) is 5.91 Å². The lowest BCUT2D eigenvalue weighted by atomic mass is 10.0. The Bertz CT molecular complexity index is 824. The number of pyridine rings is 1. The number of fused-ring (bicyclic) bond motifs is 1. The molecule has 4 nitrogen and oxygen atoms in total. The van der Waals surface area contributed by atoms with Gasteiger partial charge in [0.2, 0.25) is 0 Å². The normalized spacial score (nSPS) is 12.3. The van der Waals surface area contributed by atoms with Gasteiger partial charge in [-0.2, -0.15) is 0 Å². The Morgan fingerprint density at radius 2 is 2.13 bits per heavy atom. The average molecular weight is 308 g/mol. The summed E-state index contributed by atoms with van der Waals surface area (Å²) < 4.78 is 5.57. The van der Waals surface area contributed by atoms with Gasteiger partial charge in [0.05, 0.1) is 6.04 Å². The Hall–Kier alpha value is -2.62. The van der Waals surface area contributed by atoms with Crippen LogP contribution in [0.2, 0.25) is 0 Å². The second kappa shape index (κ2) is 6.24. The maximum absolute atomic E-state index is 12.8. The molecule has 0 bridgehead atoms. The quantitative estimate of drug-likeness (QED) is 0.719. The van der Waals surface area contributed by atoms with Crippen LogP contribution in [0.5, 0.6) is 0 Å². The number of hydrogen-bond acceptors (Lipinski definition) is 3. The number of carbonyl (C=O) groups is 1. The number of aryl methyl sites for hydroxylation is 1. The molecule has 23 heavy (non-hydrogen) atoms. The van der Waals surface area contributed by atoms with E-state index in [1.807, 2.05) is 56.6 Å². The second-order valence-electron chi connectivity index (χ2n) is 5.74. The van der Waals surface area contributed by atoms with Crippen LogP contribution in [0, 0.1) is 6.92 Å². The third-order valence-electron chi connectivity index (χ3n) is 4.13. The lowest BCUT2D eigenvalue weighted by Crippen LogP contribution is -2.31. The van der Waals surface area contributed by atoms with Crippen LogP contribution >= 0.6 is 0 Å². The van der Waals surface area contributed by atoms with Crippen LogP contribution < -0.4 is 0 Å². The van der Waals surface area contributed by atoms with Crippen molar-refractivity contribution < 1.29 is 9.21 Å². The fourth-order valence-electron chi connectivity index (χ4n) is 2.96. The van der Waals surface area contributed by atoms with E-state index in [2.05, 4.69) is 11.9 Å². The molecule has 118 valence electrons. The number of aromatic nitrogens is 1. The van der Waals surface area contributed by atoms with Gasteiger partial charge in [-0.1, -0.05) is 13.0 Å². The van der Waals surface area contributed by atoms with Crippen LogP contribution in [-0.4, -0.2) is 22.8 Å². The van der Waals surface area contributed by atoms with E-state index in [4.69, 9.17) is 4.42 Å². The SMILES string of the molecule is CC[C@H](c1cccnc1)N(C)C(=O)c1ccc2oc(C)cc2c1. The molecule has 1 amide bonds. The van der Waals surface area contributed by atoms with Crippen molar-refractivity contribution in [3.63, 3.8) is 0 Å². The Morgan fingerprint density at radius 3 is 2.83 bits per heavy atom. The minimum Gasteiger partial charge on any atom is -0.461 e. The highest BCUT2D eigenvalue weighted by Gasteiger charge is 2.21. The Balaban J connectivity index is 1.90. The molecule has 0 saturated carbocycles. The summed E-state index contributed by atoms with van der Waals surface area (Å²) in [4.78, 5) is 18.8. The van der Waals surface area contributed by atoms with E-state index < -0.39 is 0 Å². The summed E-state index contributed by atoms with van der Waals surface area (Å²) in [5.74, 6) is 0.848. The van der Waals surface area contributed by atoms with Crippen LogP contribution in [0.15, 0.2) is 53.2 Å². The molecule has 0 saturated heterocycles. The zero-order chi connectivity index (χ0) is 16.4. The Labute approximate surface area is 135 Å². The van der Waals surface area contributed by atoms with E-state index in [1.54, 1.807) is 11.1 Å². The van der Waals surface area contributed by atoms with Gasteiger partial charge in [-0.05, 0) is 49.2 Å². The molecule has 0 aliphatic heterocycles. The van der Waals surface area contributed by atoms with Gasteiger partial charge in [-0.25, -0.2) is 0 Å². The predicted octanol–water partition coefficient (Wildman–Crippen LogP) is 4.36. The third kappa shape index (κ3) is 2.97. The molecule has 2 aromatic heterocycles. The molecule has 0 spiro atoms. The smallest absolute Gasteiger partial charge is 0.254 e. The van der Waals surface area contributed by atoms with Gasteiger partial charge < -0.3 is 9.32 Å². The summed E-state index contributed by atoms with van der Waals surface area (Å²) >= 11 is 0. The molecule has 1 atom stereocenters. The highest BCUT2D eigenvalue weighted by atomic mass is 16.3. The number of hydrogen-bond donors (Lipinski definition) is 0. The highest BCUT2D eigenvalue weighted by molar-refractivity contribution is 5.98. The summed E-state index contributed by atoms with van der Waals surface area (Å²) in [6, 6.07) is 11.4. The summed E-state index contributed by atoms with van der Waals surface area (Å²) in [5, 5.41) is 0.955. The van der Waals surface area contributed by atoms with Crippen molar-refractivity contribution in [2.24, 2.45) is 0 Å². The van der Waals surface area contributed by atoms with Gasteiger partial charge in [-0.15, -0.1) is 0 Å². The van der Waals surface area contributed by atoms with E-state index in [9.17, 15) is 4.79 Å². The molecular formula is C19H20N2O2. The van der Waals surface area contributed by atoms with Crippen LogP contribution in [0.4, 0.5) is 0 Å². The monoisotopic (exact) mass is 308 g/mol. The van der Waals surface area contributed by atoms with Crippen molar-refractivity contribution in [1.82, 2.24) is 9.88 Å². The van der Waals surface area contributed by atoms with Crippen molar-refractivity contribution in [3.05, 3.63) is 65.7 Å². The maximum Gasteiger partial charge on any atom is 0.254 e. The molecule has 3 rings (SSSR count). The molecule has 0 fully saturated rings. The van der Waals surface area contributed by atoms with Crippen LogP contribution in [-0.2, 0) is 0 Å². The number of nitrogens with zero attached hydrogens (tertiary/aromatic N) is 2. The van der Waals surface area contributed by atoms with E-state index in [1.165, 1.54) is 0 Å². The summed E-state index contributed by atoms with van der Waals surface area (Å²) in [5.41, 5.74) is 2.52. The largest absolute Gasteiger partial charge is 0.461 e. The van der Waals surface area contributed by atoms with Gasteiger partial charge in [0.15, 0.2) is 0 Å². The number of furan rings is 1. The lowest BCUT2D eigenvalue weighted by molar-refractivity contribution is 0.0726. The number of carbonyl (C=O) groups excluding carboxylic acids is 1. The molecule has 4 heteroatoms. The van der Waals surface area contributed by atoms with Crippen molar-refractivity contribution in [2.75, 3.05) is 7.05 Å². The third-order valence-corrected chi connectivity index (χ3v) is 4.13. The second-order valence-corrected chi connectivity index (χ2v) is 5.74. The van der Waals surface area contributed by atoms with Gasteiger partial charge in [0, 0.05) is 30.4 Å². The summed E-state index contributed by atoms with van der Waals surface area (Å²) in [7, 11) is 1.84. The lowest BCUT2D eigenvalue weighted by Gasteiger charge is -2.27. The summed E-state index contributed by atoms with van der Waals surface area (Å²) in [6.45, 7) is 3.98. The van der Waals surface area contributed by atoms with Crippen molar-refractivity contribution in [2.45, 2.75) is 26.3 Å². The molecule has 3 aromatic rings. The maximum atomic E-state index is 12.8. The fourth-order valence-corrected chi connectivity index (χ4v) is 2.96. The Morgan fingerprint density at radius 1 is 1.30 bits per heavy atom. The predicted molar refractivity (Wildman–Crippen MR) is 90.3 cm³/mol. The zero-order valence-electron chi connectivity index (χ0n) is 13.6. The minimum absolute atomic E-state index is 0.00135. The van der Waals surface area contributed by atoms with Crippen LogP contribution in [0.1, 0.15) is 41.1 Å². The van der Waals surface area contributed by atoms with E-state index in [-0.39, 0.29) is 11.9 Å². The molecule has 0 radical (unpaired) electrons. The number of benzene rings is 1. The molecule has 0 N–H and O–H groups in total. The first kappa shape index (κ1) is 15.3. The fraction of sp³-hybridized carbons (Fsp3) is 0.263. The van der Waals surface area contributed by atoms with Crippen LogP contribution in [0.3, 0.4) is 0 Å². The van der Waals surface area contributed by atoms with Gasteiger partial charge in [-0.3, -0.25) is 9.78 Å². The standard InChI is InChI=1S/C19H20N2O2/c1-4-17(15-6-5-9-20-12-15)21(3)19(22)14-7-8-18-16(11-14)10-13(2)23-18/h5-12,17H,4H2,1-3H3/t17-/m1/s1. The van der Waals surface area contributed by atoms with E-state index >= 15 is 0 Å². The van der Waals surface area contributed by atoms with Crippen molar-refractivity contribution >= 4 is 16.9 Å². The first-order chi connectivity index (χ1) is 11.1. The minimum atomic E-state index is 0.00135. The molecular weight excluding hydrogens is 288 g/mol. The van der Waals surface area contributed by atoms with Crippen molar-refractivity contribution in [1.29, 1.82) is 0 Å².